The molecular weight excluding hydrogens is 811 g/mol. The molecule has 15 aromatic rings. The lowest BCUT2D eigenvalue weighted by atomic mass is 9.96. The molecule has 4 heterocycles. The normalized spacial score (nSPS) is 12.2. The molecule has 0 fully saturated rings. The van der Waals surface area contributed by atoms with Crippen molar-refractivity contribution in [3.8, 4) is 44.8 Å². The third-order valence-corrected chi connectivity index (χ3v) is 14.5. The molecule has 3 nitrogen and oxygen atoms in total. The first kappa shape index (κ1) is 36.4. The van der Waals surface area contributed by atoms with Gasteiger partial charge >= 0.3 is 0 Å². The zero-order chi connectivity index (χ0) is 43.7. The summed E-state index contributed by atoms with van der Waals surface area (Å²) in [6.45, 7) is 0. The Morgan fingerprint density at radius 2 is 0.612 bits per heavy atom. The summed E-state index contributed by atoms with van der Waals surface area (Å²) in [5, 5.41) is 12.7. The van der Waals surface area contributed by atoms with E-state index in [4.69, 9.17) is 0 Å². The Morgan fingerprint density at radius 3 is 1.21 bits per heavy atom. The maximum absolute atomic E-state index is 2.46. The second-order valence-electron chi connectivity index (χ2n) is 18.1. The summed E-state index contributed by atoms with van der Waals surface area (Å²) in [6.07, 6.45) is 0. The van der Waals surface area contributed by atoms with Crippen molar-refractivity contribution in [2.45, 2.75) is 0 Å². The lowest BCUT2D eigenvalue weighted by Gasteiger charge is -2.11. The summed E-state index contributed by atoms with van der Waals surface area (Å²) in [7, 11) is 0. The van der Waals surface area contributed by atoms with Gasteiger partial charge in [-0.2, -0.15) is 0 Å². The Balaban J connectivity index is 0.773. The molecule has 0 aliphatic carbocycles. The molecule has 0 saturated carbocycles. The van der Waals surface area contributed by atoms with Crippen LogP contribution < -0.4 is 0 Å². The first-order chi connectivity index (χ1) is 33.2. The highest BCUT2D eigenvalue weighted by atomic mass is 15.0. The van der Waals surface area contributed by atoms with Crippen LogP contribution in [0.5, 0.6) is 0 Å². The summed E-state index contributed by atoms with van der Waals surface area (Å²) in [6, 6.07) is 87.4. The fourth-order valence-electron chi connectivity index (χ4n) is 11.5. The van der Waals surface area contributed by atoms with Crippen molar-refractivity contribution in [2.24, 2.45) is 0 Å². The summed E-state index contributed by atoms with van der Waals surface area (Å²) in [5.41, 5.74) is 18.3. The molecule has 0 radical (unpaired) electrons. The zero-order valence-corrected chi connectivity index (χ0v) is 36.4. The molecule has 0 atom stereocenters. The first-order valence-corrected chi connectivity index (χ1v) is 23.2. The highest BCUT2D eigenvalue weighted by molar-refractivity contribution is 6.23. The van der Waals surface area contributed by atoms with Crippen LogP contribution in [0.2, 0.25) is 0 Å². The van der Waals surface area contributed by atoms with Gasteiger partial charge in [0.25, 0.3) is 0 Å². The summed E-state index contributed by atoms with van der Waals surface area (Å²) in [5.74, 6) is 0. The monoisotopic (exact) mass is 849 g/mol. The number of hydrogen-bond acceptors (Lipinski definition) is 0. The van der Waals surface area contributed by atoms with E-state index in [-0.39, 0.29) is 0 Å². The molecule has 0 N–H and O–H groups in total. The molecule has 3 heteroatoms. The summed E-state index contributed by atoms with van der Waals surface area (Å²) in [4.78, 5) is 0. The number of rotatable bonds is 5. The minimum atomic E-state index is 1.15. The van der Waals surface area contributed by atoms with Gasteiger partial charge in [-0.1, -0.05) is 152 Å². The van der Waals surface area contributed by atoms with E-state index in [0.29, 0.717) is 0 Å². The highest BCUT2D eigenvalue weighted by Gasteiger charge is 2.19. The van der Waals surface area contributed by atoms with Gasteiger partial charge in [0.2, 0.25) is 0 Å². The van der Waals surface area contributed by atoms with E-state index in [1.807, 2.05) is 0 Å². The second-order valence-corrected chi connectivity index (χ2v) is 18.1. The molecule has 0 bridgehead atoms. The zero-order valence-electron chi connectivity index (χ0n) is 36.4. The average Bonchev–Trinajstić information content (AvgIpc) is 4.13. The summed E-state index contributed by atoms with van der Waals surface area (Å²) >= 11 is 0. The third-order valence-electron chi connectivity index (χ3n) is 14.5. The van der Waals surface area contributed by atoms with E-state index in [1.165, 1.54) is 132 Å². The number of para-hydroxylation sites is 5. The minimum absolute atomic E-state index is 1.15. The predicted octanol–water partition coefficient (Wildman–Crippen LogP) is 17.2. The molecule has 310 valence electrons. The summed E-state index contributed by atoms with van der Waals surface area (Å²) < 4.78 is 7.25. The maximum Gasteiger partial charge on any atom is 0.0620 e. The van der Waals surface area contributed by atoms with E-state index < -0.39 is 0 Å². The fourth-order valence-corrected chi connectivity index (χ4v) is 11.5. The van der Waals surface area contributed by atoms with Gasteiger partial charge in [0.1, 0.15) is 0 Å². The molecule has 0 unspecified atom stereocenters. The van der Waals surface area contributed by atoms with Gasteiger partial charge < -0.3 is 13.5 Å². The van der Waals surface area contributed by atoms with E-state index in [2.05, 4.69) is 250 Å². The van der Waals surface area contributed by atoms with Gasteiger partial charge in [-0.25, -0.2) is 0 Å². The Bertz CT molecular complexity index is 4490. The minimum Gasteiger partial charge on any atom is -0.309 e. The number of nitrogens with zero attached hydrogens (tertiary/aromatic N) is 3. The molecule has 0 saturated heterocycles. The van der Waals surface area contributed by atoms with E-state index in [9.17, 15) is 0 Å². The number of aromatic nitrogens is 3. The molecule has 0 aliphatic heterocycles. The van der Waals surface area contributed by atoms with Crippen LogP contribution in [0.25, 0.3) is 137 Å². The van der Waals surface area contributed by atoms with Gasteiger partial charge in [-0.3, -0.25) is 0 Å². The Labute approximate surface area is 385 Å². The highest BCUT2D eigenvalue weighted by Crippen LogP contribution is 2.42. The third kappa shape index (κ3) is 5.28. The van der Waals surface area contributed by atoms with Crippen LogP contribution >= 0.6 is 0 Å². The van der Waals surface area contributed by atoms with Crippen molar-refractivity contribution < 1.29 is 0 Å². The quantitative estimate of drug-likeness (QED) is 0.164. The molecule has 4 aromatic heterocycles. The van der Waals surface area contributed by atoms with Crippen molar-refractivity contribution in [1.82, 2.24) is 13.5 Å². The number of benzene rings is 11. The van der Waals surface area contributed by atoms with Crippen LogP contribution in [-0.4, -0.2) is 13.5 Å². The fraction of sp³-hybridized carbons (Fsp3) is 0. The first-order valence-electron chi connectivity index (χ1n) is 23.2. The molecule has 0 spiro atoms. The molecule has 67 heavy (non-hydrogen) atoms. The molecule has 0 aliphatic rings. The van der Waals surface area contributed by atoms with Gasteiger partial charge in [-0.05, 0) is 129 Å². The molecular formula is C64H39N3. The van der Waals surface area contributed by atoms with E-state index in [0.717, 1.165) is 5.69 Å². The predicted molar refractivity (Wildman–Crippen MR) is 284 cm³/mol. The van der Waals surface area contributed by atoms with Crippen LogP contribution in [0.3, 0.4) is 0 Å². The van der Waals surface area contributed by atoms with E-state index in [1.54, 1.807) is 0 Å². The van der Waals surface area contributed by atoms with E-state index >= 15 is 0 Å². The van der Waals surface area contributed by atoms with Gasteiger partial charge in [0, 0.05) is 54.5 Å². The van der Waals surface area contributed by atoms with Crippen LogP contribution in [0.4, 0.5) is 0 Å². The topological polar surface area (TPSA) is 14.3 Å². The average molecular weight is 850 g/mol. The van der Waals surface area contributed by atoms with Gasteiger partial charge in [0.05, 0.1) is 38.6 Å². The van der Waals surface area contributed by atoms with Crippen molar-refractivity contribution in [2.75, 3.05) is 0 Å². The number of fused-ring (bicyclic) bond motifs is 13. The van der Waals surface area contributed by atoms with Crippen LogP contribution in [0, 0.1) is 0 Å². The Hall–Kier alpha value is -8.92. The van der Waals surface area contributed by atoms with Crippen molar-refractivity contribution in [3.05, 3.63) is 237 Å². The molecule has 0 amide bonds. The maximum atomic E-state index is 2.46. The second kappa shape index (κ2) is 13.8. The van der Waals surface area contributed by atoms with Crippen LogP contribution in [0.1, 0.15) is 0 Å². The van der Waals surface area contributed by atoms with Gasteiger partial charge in [-0.15, -0.1) is 0 Å². The van der Waals surface area contributed by atoms with Crippen molar-refractivity contribution in [3.63, 3.8) is 0 Å². The largest absolute Gasteiger partial charge is 0.309 e. The number of hydrogen-bond donors (Lipinski definition) is 0. The SMILES string of the molecule is c1ccc(-n2c3ccccc3c3cc(-c4ccc5cc(-c6ccc7c(c6)c6ccccc6n7-c6ccc(-c7ccc8c9cccc%10c%11ccccc%11n(c8c7)c%109)cc6)ccc5c4)ccc32)cc1. The van der Waals surface area contributed by atoms with Crippen molar-refractivity contribution >= 4 is 92.5 Å². The molecule has 11 aromatic carbocycles. The lowest BCUT2D eigenvalue weighted by molar-refractivity contribution is 1.18. The van der Waals surface area contributed by atoms with Crippen LogP contribution in [-0.2, 0) is 0 Å². The van der Waals surface area contributed by atoms with Crippen molar-refractivity contribution in [1.29, 1.82) is 0 Å². The van der Waals surface area contributed by atoms with Crippen LogP contribution in [0.15, 0.2) is 237 Å². The smallest absolute Gasteiger partial charge is 0.0620 e. The lowest BCUT2D eigenvalue weighted by Crippen LogP contribution is -1.93. The molecule has 15 rings (SSSR count). The Kier molecular flexibility index (Phi) is 7.50. The Morgan fingerprint density at radius 1 is 0.209 bits per heavy atom. The standard InChI is InChI=1S/C64H39N3/c1-2-11-48(12-3-1)65-58-18-7-5-14-51(58)56-37-45(28-33-61(56)65)43-23-21-42-36-44(24-22-41(42)35-43)46-29-34-62-57(38-46)52-15-6-8-19-59(52)66(62)49-30-25-40(26-31-49)47-27-32-53-55-17-10-16-54-50-13-4-9-20-60(50)67(64(54)55)63(53)39-47/h1-39H. The van der Waals surface area contributed by atoms with Gasteiger partial charge in [0.15, 0.2) is 0 Å².